The highest BCUT2D eigenvalue weighted by molar-refractivity contribution is 9.10. The minimum absolute atomic E-state index is 0.704. The highest BCUT2D eigenvalue weighted by atomic mass is 79.9. The molecule has 0 atom stereocenters. The molecule has 0 aliphatic heterocycles. The molecule has 4 heteroatoms. The smallest absolute Gasteiger partial charge is 0.107 e. The van der Waals surface area contributed by atoms with E-state index < -0.39 is 0 Å². The topological polar surface area (TPSA) is 12.0 Å². The predicted octanol–water partition coefficient (Wildman–Crippen LogP) is 4.83. The zero-order valence-corrected chi connectivity index (χ0v) is 12.6. The van der Waals surface area contributed by atoms with Gasteiger partial charge in [0.15, 0.2) is 0 Å². The third kappa shape index (κ3) is 3.46. The highest BCUT2D eigenvalue weighted by Gasteiger charge is 2.17. The zero-order valence-electron chi connectivity index (χ0n) is 9.43. The second-order valence-electron chi connectivity index (χ2n) is 4.67. The van der Waals surface area contributed by atoms with Crippen molar-refractivity contribution in [2.75, 3.05) is 0 Å². The Kier molecular flexibility index (Phi) is 4.71. The van der Waals surface area contributed by atoms with E-state index in [4.69, 9.17) is 11.6 Å². The summed E-state index contributed by atoms with van der Waals surface area (Å²) in [6, 6.07) is 2.82. The number of nitrogens with one attached hydrogen (secondary N) is 1. The first-order valence-electron chi connectivity index (χ1n) is 5.82. The molecule has 2 rings (SSSR count). The van der Waals surface area contributed by atoms with E-state index in [1.165, 1.54) is 30.6 Å². The maximum Gasteiger partial charge on any atom is 0.107 e. The van der Waals surface area contributed by atoms with Gasteiger partial charge in [-0.3, -0.25) is 0 Å². The second kappa shape index (κ2) is 5.85. The fourth-order valence-corrected chi connectivity index (χ4v) is 3.93. The molecule has 0 radical (unpaired) electrons. The Balaban J connectivity index is 1.79. The van der Waals surface area contributed by atoms with Crippen LogP contribution >= 0.6 is 38.9 Å². The van der Waals surface area contributed by atoms with Gasteiger partial charge in [0.25, 0.3) is 0 Å². The Morgan fingerprint density at radius 2 is 2.12 bits per heavy atom. The molecule has 1 aromatic rings. The van der Waals surface area contributed by atoms with Crippen LogP contribution in [-0.4, -0.2) is 6.04 Å². The van der Waals surface area contributed by atoms with Gasteiger partial charge in [-0.1, -0.05) is 18.5 Å². The van der Waals surface area contributed by atoms with E-state index >= 15 is 0 Å². The summed E-state index contributed by atoms with van der Waals surface area (Å²) >= 11 is 11.1. The van der Waals surface area contributed by atoms with Crippen molar-refractivity contribution in [2.24, 2.45) is 5.92 Å². The molecule has 1 heterocycles. The highest BCUT2D eigenvalue weighted by Crippen LogP contribution is 2.32. The molecular weight excluding hydrogens is 306 g/mol. The molecule has 0 saturated heterocycles. The van der Waals surface area contributed by atoms with E-state index in [9.17, 15) is 0 Å². The van der Waals surface area contributed by atoms with Gasteiger partial charge in [-0.25, -0.2) is 0 Å². The van der Waals surface area contributed by atoms with Crippen LogP contribution in [0.25, 0.3) is 0 Å². The predicted molar refractivity (Wildman–Crippen MR) is 75.3 cm³/mol. The van der Waals surface area contributed by atoms with Gasteiger partial charge in [0, 0.05) is 21.9 Å². The Morgan fingerprint density at radius 1 is 1.44 bits per heavy atom. The Bertz CT molecular complexity index is 325. The standard InChI is InChI=1S/C12H17BrClNS/c1-8-2-4-9(5-3-8)15-7-10-6-11(13)12(14)16-10/h6,8-9,15H,2-5,7H2,1H3. The zero-order chi connectivity index (χ0) is 11.5. The third-order valence-corrected chi connectivity index (χ3v) is 5.75. The summed E-state index contributed by atoms with van der Waals surface area (Å²) in [5.41, 5.74) is 0. The van der Waals surface area contributed by atoms with Gasteiger partial charge in [-0.15, -0.1) is 11.3 Å². The van der Waals surface area contributed by atoms with Gasteiger partial charge in [0.05, 0.1) is 0 Å². The molecule has 0 bridgehead atoms. The third-order valence-electron chi connectivity index (χ3n) is 3.28. The number of thiophene rings is 1. The molecule has 0 spiro atoms. The summed E-state index contributed by atoms with van der Waals surface area (Å²) in [5.74, 6) is 0.920. The van der Waals surface area contributed by atoms with Crippen LogP contribution in [0.15, 0.2) is 10.5 Å². The molecule has 1 fully saturated rings. The molecule has 1 aromatic heterocycles. The minimum Gasteiger partial charge on any atom is -0.309 e. The number of hydrogen-bond donors (Lipinski definition) is 1. The van der Waals surface area contributed by atoms with E-state index in [1.807, 2.05) is 0 Å². The minimum atomic E-state index is 0.704. The molecular formula is C12H17BrClNS. The lowest BCUT2D eigenvalue weighted by atomic mass is 9.87. The van der Waals surface area contributed by atoms with Crippen molar-refractivity contribution < 1.29 is 0 Å². The Morgan fingerprint density at radius 3 is 2.69 bits per heavy atom. The lowest BCUT2D eigenvalue weighted by molar-refractivity contribution is 0.307. The summed E-state index contributed by atoms with van der Waals surface area (Å²) in [6.45, 7) is 3.31. The van der Waals surface area contributed by atoms with Gasteiger partial charge in [0.1, 0.15) is 4.34 Å². The molecule has 0 aromatic carbocycles. The summed E-state index contributed by atoms with van der Waals surface area (Å²) in [4.78, 5) is 1.32. The van der Waals surface area contributed by atoms with Gasteiger partial charge < -0.3 is 5.32 Å². The molecule has 1 N–H and O–H groups in total. The van der Waals surface area contributed by atoms with Crippen LogP contribution in [0.2, 0.25) is 4.34 Å². The van der Waals surface area contributed by atoms with Gasteiger partial charge >= 0.3 is 0 Å². The van der Waals surface area contributed by atoms with Crippen molar-refractivity contribution in [2.45, 2.75) is 45.2 Å². The molecule has 90 valence electrons. The average Bonchev–Trinajstić information content (AvgIpc) is 2.58. The first-order valence-corrected chi connectivity index (χ1v) is 7.81. The van der Waals surface area contributed by atoms with E-state index in [0.717, 1.165) is 21.3 Å². The first-order chi connectivity index (χ1) is 7.65. The van der Waals surface area contributed by atoms with Gasteiger partial charge in [-0.2, -0.15) is 0 Å². The van der Waals surface area contributed by atoms with Crippen molar-refractivity contribution in [1.82, 2.24) is 5.32 Å². The molecule has 1 saturated carbocycles. The maximum atomic E-state index is 6.01. The van der Waals surface area contributed by atoms with Crippen LogP contribution in [0.5, 0.6) is 0 Å². The van der Waals surface area contributed by atoms with E-state index in [0.29, 0.717) is 6.04 Å². The summed E-state index contributed by atoms with van der Waals surface area (Å²) in [5, 5.41) is 3.63. The average molecular weight is 323 g/mol. The van der Waals surface area contributed by atoms with Crippen LogP contribution in [0.3, 0.4) is 0 Å². The molecule has 1 aliphatic carbocycles. The van der Waals surface area contributed by atoms with Crippen LogP contribution < -0.4 is 5.32 Å². The molecule has 0 unspecified atom stereocenters. The summed E-state index contributed by atoms with van der Waals surface area (Å²) < 4.78 is 1.88. The van der Waals surface area contributed by atoms with Crippen LogP contribution in [0.1, 0.15) is 37.5 Å². The van der Waals surface area contributed by atoms with Gasteiger partial charge in [-0.05, 0) is 53.6 Å². The lowest BCUT2D eigenvalue weighted by Gasteiger charge is -2.26. The quantitative estimate of drug-likeness (QED) is 0.840. The first kappa shape index (κ1) is 12.9. The molecule has 1 aliphatic rings. The van der Waals surface area contributed by atoms with Crippen molar-refractivity contribution in [3.63, 3.8) is 0 Å². The SMILES string of the molecule is CC1CCC(NCc2cc(Br)c(Cl)s2)CC1. The van der Waals surface area contributed by atoms with Crippen molar-refractivity contribution in [1.29, 1.82) is 0 Å². The summed E-state index contributed by atoms with van der Waals surface area (Å²) in [6.07, 6.45) is 5.38. The van der Waals surface area contributed by atoms with Gasteiger partial charge in [0.2, 0.25) is 0 Å². The normalized spacial score (nSPS) is 25.9. The second-order valence-corrected chi connectivity index (χ2v) is 7.27. The van der Waals surface area contributed by atoms with Crippen molar-refractivity contribution >= 4 is 38.9 Å². The monoisotopic (exact) mass is 321 g/mol. The maximum absolute atomic E-state index is 6.01. The fourth-order valence-electron chi connectivity index (χ4n) is 2.19. The largest absolute Gasteiger partial charge is 0.309 e. The Hall–Kier alpha value is 0.430. The number of halogens is 2. The molecule has 0 amide bonds. The van der Waals surface area contributed by atoms with E-state index in [-0.39, 0.29) is 0 Å². The Labute approximate surface area is 115 Å². The number of hydrogen-bond acceptors (Lipinski definition) is 2. The van der Waals surface area contributed by atoms with Crippen LogP contribution in [0.4, 0.5) is 0 Å². The van der Waals surface area contributed by atoms with Crippen molar-refractivity contribution in [3.8, 4) is 0 Å². The fraction of sp³-hybridized carbons (Fsp3) is 0.667. The summed E-state index contributed by atoms with van der Waals surface area (Å²) in [7, 11) is 0. The van der Waals surface area contributed by atoms with E-state index in [1.54, 1.807) is 11.3 Å². The molecule has 1 nitrogen and oxygen atoms in total. The van der Waals surface area contributed by atoms with Crippen molar-refractivity contribution in [3.05, 3.63) is 19.8 Å². The molecule has 16 heavy (non-hydrogen) atoms. The van der Waals surface area contributed by atoms with E-state index in [2.05, 4.69) is 34.2 Å². The number of rotatable bonds is 3. The van der Waals surface area contributed by atoms with Crippen LogP contribution in [0, 0.1) is 5.92 Å². The lowest BCUT2D eigenvalue weighted by Crippen LogP contribution is -2.31. The van der Waals surface area contributed by atoms with Crippen LogP contribution in [-0.2, 0) is 6.54 Å².